The van der Waals surface area contributed by atoms with Gasteiger partial charge in [0, 0.05) is 5.54 Å². The molecule has 0 spiro atoms. The Morgan fingerprint density at radius 2 is 2.00 bits per heavy atom. The highest BCUT2D eigenvalue weighted by Crippen LogP contribution is 2.19. The first kappa shape index (κ1) is 11.3. The lowest BCUT2D eigenvalue weighted by Crippen LogP contribution is -2.28. The molecule has 82 valence electrons. The van der Waals surface area contributed by atoms with E-state index in [2.05, 4.69) is 10.3 Å². The monoisotopic (exact) mass is 208 g/mol. The van der Waals surface area contributed by atoms with Gasteiger partial charge in [-0.25, -0.2) is 4.98 Å². The second-order valence-electron chi connectivity index (χ2n) is 4.37. The van der Waals surface area contributed by atoms with Crippen LogP contribution in [-0.2, 0) is 0 Å². The first-order valence-corrected chi connectivity index (χ1v) is 4.64. The van der Waals surface area contributed by atoms with Gasteiger partial charge >= 0.3 is 0 Å². The summed E-state index contributed by atoms with van der Waals surface area (Å²) in [5.74, 6) is -0.0780. The van der Waals surface area contributed by atoms with Crippen molar-refractivity contribution < 1.29 is 4.79 Å². The largest absolute Gasteiger partial charge is 0.396 e. The second-order valence-corrected chi connectivity index (χ2v) is 4.37. The fourth-order valence-corrected chi connectivity index (χ4v) is 1.06. The molecule has 0 bridgehead atoms. The van der Waals surface area contributed by atoms with Crippen molar-refractivity contribution in [3.63, 3.8) is 0 Å². The van der Waals surface area contributed by atoms with Crippen LogP contribution in [-0.4, -0.2) is 16.4 Å². The Labute approximate surface area is 88.9 Å². The van der Waals surface area contributed by atoms with E-state index in [1.807, 2.05) is 20.8 Å². The normalized spacial score (nSPS) is 11.1. The predicted molar refractivity (Wildman–Crippen MR) is 60.5 cm³/mol. The first-order valence-electron chi connectivity index (χ1n) is 4.64. The van der Waals surface area contributed by atoms with Gasteiger partial charge in [0.15, 0.2) is 5.82 Å². The molecule has 5 nitrogen and oxygen atoms in total. The molecule has 1 aromatic rings. The highest BCUT2D eigenvalue weighted by atomic mass is 16.1. The maximum Gasteiger partial charge on any atom is 0.267 e. The van der Waals surface area contributed by atoms with Gasteiger partial charge in [0.1, 0.15) is 5.69 Å². The molecule has 0 aromatic carbocycles. The molecule has 0 aliphatic rings. The molecule has 1 rings (SSSR count). The molecule has 5 N–H and O–H groups in total. The van der Waals surface area contributed by atoms with E-state index in [4.69, 9.17) is 11.5 Å². The number of nitrogen functional groups attached to an aromatic ring is 1. The van der Waals surface area contributed by atoms with E-state index in [0.29, 0.717) is 11.5 Å². The number of nitrogens with zero attached hydrogens (tertiary/aromatic N) is 1. The smallest absolute Gasteiger partial charge is 0.267 e. The van der Waals surface area contributed by atoms with Crippen molar-refractivity contribution in [3.8, 4) is 0 Å². The number of primary amides is 1. The third-order valence-electron chi connectivity index (χ3n) is 1.67. The third kappa shape index (κ3) is 3.12. The number of carbonyl (C=O) groups excluding carboxylic acids is 1. The highest BCUT2D eigenvalue weighted by molar-refractivity contribution is 5.91. The molecule has 1 heterocycles. The van der Waals surface area contributed by atoms with Gasteiger partial charge in [-0.3, -0.25) is 4.79 Å². The minimum atomic E-state index is -0.563. The molecule has 0 atom stereocenters. The number of rotatable bonds is 2. The van der Waals surface area contributed by atoms with Crippen molar-refractivity contribution in [2.45, 2.75) is 26.3 Å². The van der Waals surface area contributed by atoms with E-state index in [1.54, 1.807) is 6.07 Å². The van der Waals surface area contributed by atoms with Crippen LogP contribution in [0.2, 0.25) is 0 Å². The number of hydrogen-bond acceptors (Lipinski definition) is 4. The van der Waals surface area contributed by atoms with E-state index in [1.165, 1.54) is 6.07 Å². The zero-order valence-electron chi connectivity index (χ0n) is 9.16. The van der Waals surface area contributed by atoms with Crippen molar-refractivity contribution in [1.82, 2.24) is 4.98 Å². The number of carbonyl (C=O) groups is 1. The average Bonchev–Trinajstić information content (AvgIpc) is 2.06. The van der Waals surface area contributed by atoms with Crippen molar-refractivity contribution in [2.24, 2.45) is 5.73 Å². The van der Waals surface area contributed by atoms with E-state index < -0.39 is 5.91 Å². The summed E-state index contributed by atoms with van der Waals surface area (Å²) in [6.45, 7) is 5.93. The van der Waals surface area contributed by atoms with Crippen molar-refractivity contribution in [3.05, 3.63) is 17.8 Å². The quantitative estimate of drug-likeness (QED) is 0.675. The van der Waals surface area contributed by atoms with Gasteiger partial charge in [-0.05, 0) is 32.9 Å². The number of nitrogens with one attached hydrogen (secondary N) is 1. The van der Waals surface area contributed by atoms with Gasteiger partial charge in [-0.15, -0.1) is 0 Å². The van der Waals surface area contributed by atoms with E-state index in [9.17, 15) is 4.79 Å². The zero-order valence-corrected chi connectivity index (χ0v) is 9.16. The Hall–Kier alpha value is -1.78. The Kier molecular flexibility index (Phi) is 2.83. The van der Waals surface area contributed by atoms with E-state index in [0.717, 1.165) is 0 Å². The summed E-state index contributed by atoms with van der Waals surface area (Å²) in [6.07, 6.45) is 0. The van der Waals surface area contributed by atoms with Gasteiger partial charge in [-0.2, -0.15) is 0 Å². The number of amides is 1. The van der Waals surface area contributed by atoms with Gasteiger partial charge in [0.05, 0.1) is 5.69 Å². The van der Waals surface area contributed by atoms with E-state index >= 15 is 0 Å². The fraction of sp³-hybridized carbons (Fsp3) is 0.400. The summed E-state index contributed by atoms with van der Waals surface area (Å²) in [5, 5.41) is 3.10. The molecule has 15 heavy (non-hydrogen) atoms. The SMILES string of the molecule is CC(C)(C)Nc1nc(C(N)=O)ccc1N. The summed E-state index contributed by atoms with van der Waals surface area (Å²) in [6, 6.07) is 3.12. The Morgan fingerprint density at radius 1 is 1.40 bits per heavy atom. The van der Waals surface area contributed by atoms with Gasteiger partial charge in [0.2, 0.25) is 0 Å². The number of anilines is 2. The molecule has 0 saturated carbocycles. The Balaban J connectivity index is 3.06. The predicted octanol–water partition coefficient (Wildman–Crippen LogP) is 0.973. The van der Waals surface area contributed by atoms with E-state index in [-0.39, 0.29) is 11.2 Å². The summed E-state index contributed by atoms with van der Waals surface area (Å²) in [7, 11) is 0. The summed E-state index contributed by atoms with van der Waals surface area (Å²) in [5.41, 5.74) is 11.4. The Morgan fingerprint density at radius 3 is 2.47 bits per heavy atom. The summed E-state index contributed by atoms with van der Waals surface area (Å²) >= 11 is 0. The summed E-state index contributed by atoms with van der Waals surface area (Å²) in [4.78, 5) is 15.0. The van der Waals surface area contributed by atoms with Gasteiger partial charge in [-0.1, -0.05) is 0 Å². The minimum absolute atomic E-state index is 0.169. The standard InChI is InChI=1S/C10H16N4O/c1-10(2,3)14-9-6(11)4-5-7(13-9)8(12)15/h4-5H,11H2,1-3H3,(H2,12,15)(H,13,14). The minimum Gasteiger partial charge on any atom is -0.396 e. The third-order valence-corrected chi connectivity index (χ3v) is 1.67. The van der Waals surface area contributed by atoms with Crippen LogP contribution in [0.3, 0.4) is 0 Å². The molecule has 0 unspecified atom stereocenters. The first-order chi connectivity index (χ1) is 6.79. The Bertz CT molecular complexity index is 381. The van der Waals surface area contributed by atoms with Crippen LogP contribution in [0.4, 0.5) is 11.5 Å². The highest BCUT2D eigenvalue weighted by Gasteiger charge is 2.13. The molecule has 5 heteroatoms. The summed E-state index contributed by atoms with van der Waals surface area (Å²) < 4.78 is 0. The molecule has 0 fully saturated rings. The van der Waals surface area contributed by atoms with Gasteiger partial charge < -0.3 is 16.8 Å². The topological polar surface area (TPSA) is 94.0 Å². The molecule has 0 radical (unpaired) electrons. The maximum absolute atomic E-state index is 10.9. The van der Waals surface area contributed by atoms with Crippen LogP contribution >= 0.6 is 0 Å². The number of aromatic nitrogens is 1. The second kappa shape index (κ2) is 3.76. The van der Waals surface area contributed by atoms with Crippen molar-refractivity contribution in [1.29, 1.82) is 0 Å². The van der Waals surface area contributed by atoms with Crippen molar-refractivity contribution >= 4 is 17.4 Å². The molecular weight excluding hydrogens is 192 g/mol. The van der Waals surface area contributed by atoms with Crippen LogP contribution < -0.4 is 16.8 Å². The molecule has 0 aliphatic carbocycles. The molecule has 1 aromatic heterocycles. The number of hydrogen-bond donors (Lipinski definition) is 3. The average molecular weight is 208 g/mol. The van der Waals surface area contributed by atoms with Crippen LogP contribution in [0.1, 0.15) is 31.3 Å². The zero-order chi connectivity index (χ0) is 11.6. The van der Waals surface area contributed by atoms with Crippen LogP contribution in [0.5, 0.6) is 0 Å². The van der Waals surface area contributed by atoms with Crippen LogP contribution in [0.15, 0.2) is 12.1 Å². The number of pyridine rings is 1. The van der Waals surface area contributed by atoms with Crippen LogP contribution in [0, 0.1) is 0 Å². The lowest BCUT2D eigenvalue weighted by Gasteiger charge is -2.22. The molecular formula is C10H16N4O. The molecule has 1 amide bonds. The lowest BCUT2D eigenvalue weighted by molar-refractivity contribution is 0.0995. The molecule has 0 saturated heterocycles. The maximum atomic E-state index is 10.9. The fourth-order valence-electron chi connectivity index (χ4n) is 1.06. The van der Waals surface area contributed by atoms with Crippen molar-refractivity contribution in [2.75, 3.05) is 11.1 Å². The molecule has 0 aliphatic heterocycles. The lowest BCUT2D eigenvalue weighted by atomic mass is 10.1. The number of nitrogens with two attached hydrogens (primary N) is 2. The van der Waals surface area contributed by atoms with Gasteiger partial charge in [0.25, 0.3) is 5.91 Å². The van der Waals surface area contributed by atoms with Crippen LogP contribution in [0.25, 0.3) is 0 Å².